The topological polar surface area (TPSA) is 76.1 Å². The molecule has 41 heavy (non-hydrogen) atoms. The van der Waals surface area contributed by atoms with Gasteiger partial charge in [-0.2, -0.15) is 0 Å². The number of amides is 2. The lowest BCUT2D eigenvalue weighted by Gasteiger charge is -2.43. The van der Waals surface area contributed by atoms with Crippen LogP contribution in [-0.4, -0.2) is 55.7 Å². The number of rotatable bonds is 13. The lowest BCUT2D eigenvalue weighted by molar-refractivity contribution is -0.131. The molecule has 1 aliphatic rings. The molecule has 7 heteroatoms. The van der Waals surface area contributed by atoms with Crippen LogP contribution in [0.15, 0.2) is 91.0 Å². The summed E-state index contributed by atoms with van der Waals surface area (Å²) in [6, 6.07) is 30.6. The van der Waals surface area contributed by atoms with Gasteiger partial charge in [-0.05, 0) is 40.2 Å². The first-order chi connectivity index (χ1) is 19.7. The molecule has 218 valence electrons. The van der Waals surface area contributed by atoms with E-state index in [0.717, 1.165) is 24.8 Å². The quantitative estimate of drug-likeness (QED) is 0.217. The van der Waals surface area contributed by atoms with Gasteiger partial charge in [0.15, 0.2) is 0 Å². The van der Waals surface area contributed by atoms with Gasteiger partial charge in [0.1, 0.15) is 6.61 Å². The summed E-state index contributed by atoms with van der Waals surface area (Å²) in [4.78, 5) is 26.4. The van der Waals surface area contributed by atoms with Crippen LogP contribution < -0.4 is 10.4 Å². The smallest absolute Gasteiger partial charge is 0.416 e. The highest BCUT2D eigenvalue weighted by Gasteiger charge is 2.50. The van der Waals surface area contributed by atoms with E-state index in [1.165, 1.54) is 15.3 Å². The molecule has 1 unspecified atom stereocenters. The second-order valence-corrected chi connectivity index (χ2v) is 16.2. The molecule has 3 aromatic carbocycles. The summed E-state index contributed by atoms with van der Waals surface area (Å²) in [5.74, 6) is -0.379. The van der Waals surface area contributed by atoms with Crippen molar-refractivity contribution in [3.63, 3.8) is 0 Å². The van der Waals surface area contributed by atoms with Gasteiger partial charge in [-0.25, -0.2) is 9.69 Å². The third-order valence-electron chi connectivity index (χ3n) is 7.87. The number of unbranched alkanes of at least 4 members (excludes halogenated alkanes) is 2. The monoisotopic (exact) mass is 573 g/mol. The zero-order chi connectivity index (χ0) is 29.3. The van der Waals surface area contributed by atoms with Crippen molar-refractivity contribution >= 4 is 30.7 Å². The van der Waals surface area contributed by atoms with Crippen molar-refractivity contribution in [3.05, 3.63) is 96.6 Å². The van der Waals surface area contributed by atoms with E-state index in [0.29, 0.717) is 19.4 Å². The summed E-state index contributed by atoms with van der Waals surface area (Å²) >= 11 is 0. The number of ether oxygens (including phenoxy) is 1. The number of imide groups is 1. The zero-order valence-electron chi connectivity index (χ0n) is 24.5. The van der Waals surface area contributed by atoms with Gasteiger partial charge in [-0.1, -0.05) is 125 Å². The van der Waals surface area contributed by atoms with Crippen LogP contribution in [0.4, 0.5) is 4.79 Å². The maximum Gasteiger partial charge on any atom is 0.416 e. The Morgan fingerprint density at radius 3 is 2.05 bits per heavy atom. The molecular weight excluding hydrogens is 530 g/mol. The minimum absolute atomic E-state index is 0.0681. The molecule has 1 N–H and O–H groups in total. The Labute approximate surface area is 245 Å². The van der Waals surface area contributed by atoms with Crippen LogP contribution in [0, 0.1) is 0 Å². The first-order valence-electron chi connectivity index (χ1n) is 14.7. The van der Waals surface area contributed by atoms with E-state index in [1.54, 1.807) is 0 Å². The van der Waals surface area contributed by atoms with Gasteiger partial charge < -0.3 is 14.3 Å². The maximum absolute atomic E-state index is 12.9. The number of cyclic esters (lactones) is 1. The van der Waals surface area contributed by atoms with Crippen LogP contribution >= 0.6 is 0 Å². The summed E-state index contributed by atoms with van der Waals surface area (Å²) in [7, 11) is -2.55. The fourth-order valence-corrected chi connectivity index (χ4v) is 10.5. The molecule has 6 nitrogen and oxygen atoms in total. The molecule has 4 rings (SSSR count). The van der Waals surface area contributed by atoms with E-state index in [9.17, 15) is 14.7 Å². The summed E-state index contributed by atoms with van der Waals surface area (Å²) < 4.78 is 12.1. The zero-order valence-corrected chi connectivity index (χ0v) is 25.5. The molecular formula is C34H43NO5Si. The largest absolute Gasteiger partial charge is 0.447 e. The van der Waals surface area contributed by atoms with Gasteiger partial charge >= 0.3 is 6.09 Å². The fourth-order valence-electron chi connectivity index (χ4n) is 5.85. The molecule has 0 radical (unpaired) electrons. The van der Waals surface area contributed by atoms with Crippen molar-refractivity contribution in [1.29, 1.82) is 0 Å². The Kier molecular flexibility index (Phi) is 10.5. The Balaban J connectivity index is 1.28. The van der Waals surface area contributed by atoms with Crippen LogP contribution in [-0.2, 0) is 20.4 Å². The van der Waals surface area contributed by atoms with Crippen molar-refractivity contribution in [2.75, 3.05) is 13.2 Å². The Bertz CT molecular complexity index is 1210. The van der Waals surface area contributed by atoms with Crippen molar-refractivity contribution in [2.45, 2.75) is 76.5 Å². The predicted octanol–water partition coefficient (Wildman–Crippen LogP) is 5.46. The lowest BCUT2D eigenvalue weighted by Crippen LogP contribution is -2.66. The van der Waals surface area contributed by atoms with Gasteiger partial charge in [-0.15, -0.1) is 0 Å². The predicted molar refractivity (Wildman–Crippen MR) is 165 cm³/mol. The maximum atomic E-state index is 12.9. The molecule has 0 aromatic heterocycles. The molecule has 2 atom stereocenters. The van der Waals surface area contributed by atoms with E-state index in [1.807, 2.05) is 42.5 Å². The van der Waals surface area contributed by atoms with Gasteiger partial charge in [0.2, 0.25) is 5.91 Å². The Morgan fingerprint density at radius 1 is 0.927 bits per heavy atom. The van der Waals surface area contributed by atoms with Gasteiger partial charge in [0, 0.05) is 6.61 Å². The third-order valence-corrected chi connectivity index (χ3v) is 12.9. The number of nitrogens with zero attached hydrogens (tertiary/aromatic N) is 1. The number of hydrogen-bond donors (Lipinski definition) is 1. The number of hydrogen-bond acceptors (Lipinski definition) is 5. The number of carbonyl (C=O) groups excluding carboxylic acids is 2. The van der Waals surface area contributed by atoms with Gasteiger partial charge in [0.25, 0.3) is 8.32 Å². The molecule has 0 bridgehead atoms. The van der Waals surface area contributed by atoms with Crippen LogP contribution in [0.25, 0.3) is 0 Å². The summed E-state index contributed by atoms with van der Waals surface area (Å²) in [6.07, 6.45) is 2.05. The van der Waals surface area contributed by atoms with E-state index >= 15 is 0 Å². The van der Waals surface area contributed by atoms with Crippen molar-refractivity contribution in [1.82, 2.24) is 4.90 Å². The molecule has 1 fully saturated rings. The van der Waals surface area contributed by atoms with Crippen LogP contribution in [0.3, 0.4) is 0 Å². The van der Waals surface area contributed by atoms with Crippen LogP contribution in [0.2, 0.25) is 5.04 Å². The second-order valence-electron chi connectivity index (χ2n) is 11.9. The normalized spacial score (nSPS) is 16.4. The fraction of sp³-hybridized carbons (Fsp3) is 0.412. The lowest BCUT2D eigenvalue weighted by atomic mass is 10.0. The SMILES string of the molecule is CC(C)(C)[Si](OCCCCCC(O)CC(=O)N1C(=O)OC[C@@H]1Cc1ccccc1)(c1ccccc1)c1ccccc1. The number of benzene rings is 3. The average molecular weight is 574 g/mol. The molecule has 1 saturated heterocycles. The van der Waals surface area contributed by atoms with Crippen molar-refractivity contribution < 1.29 is 23.9 Å². The minimum atomic E-state index is -2.55. The van der Waals surface area contributed by atoms with Crippen LogP contribution in [0.5, 0.6) is 0 Å². The molecule has 0 spiro atoms. The number of aliphatic hydroxyl groups excluding tert-OH is 1. The first-order valence-corrected chi connectivity index (χ1v) is 16.6. The highest BCUT2D eigenvalue weighted by molar-refractivity contribution is 6.99. The Hall–Kier alpha value is -3.26. The van der Waals surface area contributed by atoms with E-state index in [4.69, 9.17) is 9.16 Å². The molecule has 2 amide bonds. The summed E-state index contributed by atoms with van der Waals surface area (Å²) in [5.41, 5.74) is 1.04. The van der Waals surface area contributed by atoms with E-state index < -0.39 is 20.5 Å². The third kappa shape index (κ3) is 7.53. The molecule has 1 heterocycles. The molecule has 1 aliphatic heterocycles. The number of aliphatic hydroxyl groups is 1. The summed E-state index contributed by atoms with van der Waals surface area (Å²) in [5, 5.41) is 13.1. The highest BCUT2D eigenvalue weighted by Crippen LogP contribution is 2.36. The minimum Gasteiger partial charge on any atom is -0.447 e. The standard InChI is InChI=1S/C34H43NO5Si/c1-34(2,3)41(30-19-11-5-12-20-30,31-21-13-6-14-22-31)40-23-15-7-10-18-29(36)25-32(37)35-28(26-39-33(35)38)24-27-16-8-4-9-17-27/h4-6,8-9,11-14,16-17,19-22,28-29,36H,7,10,15,18,23-26H2,1-3H3/t28-,29?/m0/s1. The molecule has 3 aromatic rings. The molecule has 0 saturated carbocycles. The second kappa shape index (κ2) is 14.1. The van der Waals surface area contributed by atoms with Crippen molar-refractivity contribution in [2.24, 2.45) is 0 Å². The van der Waals surface area contributed by atoms with E-state index in [2.05, 4.69) is 69.3 Å². The van der Waals surface area contributed by atoms with Gasteiger partial charge in [-0.3, -0.25) is 4.79 Å². The first kappa shape index (κ1) is 30.7. The molecule has 0 aliphatic carbocycles. The number of carbonyl (C=O) groups is 2. The van der Waals surface area contributed by atoms with Gasteiger partial charge in [0.05, 0.1) is 18.6 Å². The highest BCUT2D eigenvalue weighted by atomic mass is 28.4. The Morgan fingerprint density at radius 2 is 1.49 bits per heavy atom. The average Bonchev–Trinajstić information content (AvgIpc) is 3.33. The van der Waals surface area contributed by atoms with Crippen molar-refractivity contribution in [3.8, 4) is 0 Å². The van der Waals surface area contributed by atoms with E-state index in [-0.39, 0.29) is 30.0 Å². The summed E-state index contributed by atoms with van der Waals surface area (Å²) in [6.45, 7) is 7.62. The van der Waals surface area contributed by atoms with Crippen LogP contribution in [0.1, 0.15) is 58.4 Å².